The van der Waals surface area contributed by atoms with Gasteiger partial charge in [-0.25, -0.2) is 4.98 Å². The maximum Gasteiger partial charge on any atom is 0.162 e. The van der Waals surface area contributed by atoms with Crippen LogP contribution in [0.25, 0.3) is 11.0 Å². The molecule has 0 atom stereocenters. The van der Waals surface area contributed by atoms with Crippen LogP contribution in [-0.4, -0.2) is 15.8 Å². The van der Waals surface area contributed by atoms with Crippen molar-refractivity contribution in [2.75, 3.05) is 0 Å². The van der Waals surface area contributed by atoms with Crippen LogP contribution in [-0.2, 0) is 6.42 Å². The lowest BCUT2D eigenvalue weighted by Gasteiger charge is -1.96. The molecule has 0 aliphatic carbocycles. The average Bonchev–Trinajstić information content (AvgIpc) is 2.69. The molecule has 0 saturated carbocycles. The maximum absolute atomic E-state index is 11.5. The second-order valence-electron chi connectivity index (χ2n) is 3.55. The largest absolute Gasteiger partial charge is 0.342 e. The lowest BCUT2D eigenvalue weighted by atomic mass is 10.1. The molecule has 1 N–H and O–H groups in total. The number of fused-ring (bicyclic) bond motifs is 1. The maximum atomic E-state index is 11.5. The van der Waals surface area contributed by atoms with E-state index >= 15 is 0 Å². The van der Waals surface area contributed by atoms with Gasteiger partial charge in [0.25, 0.3) is 0 Å². The van der Waals surface area contributed by atoms with E-state index in [9.17, 15) is 4.79 Å². The summed E-state index contributed by atoms with van der Waals surface area (Å²) in [7, 11) is 0. The number of hydrogen-bond donors (Lipinski definition) is 1. The molecule has 0 unspecified atom stereocenters. The Bertz CT molecular complexity index is 499. The highest BCUT2D eigenvalue weighted by molar-refractivity contribution is 5.98. The fourth-order valence-electron chi connectivity index (χ4n) is 1.61. The van der Waals surface area contributed by atoms with E-state index in [4.69, 9.17) is 0 Å². The number of aryl methyl sites for hydroxylation is 1. The molecule has 1 aromatic carbocycles. The fourth-order valence-corrected chi connectivity index (χ4v) is 1.61. The number of rotatable bonds is 3. The van der Waals surface area contributed by atoms with Crippen LogP contribution in [0.4, 0.5) is 0 Å². The summed E-state index contributed by atoms with van der Waals surface area (Å²) in [5, 5.41) is 0. The number of benzene rings is 1. The Balaban J connectivity index is 2.50. The number of aromatic amines is 1. The molecule has 2 rings (SSSR count). The summed E-state index contributed by atoms with van der Waals surface area (Å²) in [6.07, 6.45) is 1.42. The van der Waals surface area contributed by atoms with Crippen molar-refractivity contribution in [1.29, 1.82) is 0 Å². The molecule has 15 heavy (non-hydrogen) atoms. The summed E-state index contributed by atoms with van der Waals surface area (Å²) in [5.74, 6) is 1.13. The van der Waals surface area contributed by atoms with Crippen LogP contribution < -0.4 is 0 Å². The number of hydrogen-bond acceptors (Lipinski definition) is 2. The number of nitrogens with one attached hydrogen (secondary N) is 1. The van der Waals surface area contributed by atoms with E-state index in [1.165, 1.54) is 0 Å². The van der Waals surface area contributed by atoms with Gasteiger partial charge in [0.1, 0.15) is 5.82 Å². The third-order valence-corrected chi connectivity index (χ3v) is 2.51. The number of imidazole rings is 1. The Morgan fingerprint density at radius 2 is 2.20 bits per heavy atom. The molecular weight excluding hydrogens is 188 g/mol. The van der Waals surface area contributed by atoms with Crippen LogP contribution in [0.1, 0.15) is 36.5 Å². The molecule has 0 bridgehead atoms. The van der Waals surface area contributed by atoms with Crippen molar-refractivity contribution in [2.24, 2.45) is 0 Å². The summed E-state index contributed by atoms with van der Waals surface area (Å²) in [6, 6.07) is 5.62. The zero-order chi connectivity index (χ0) is 10.8. The van der Waals surface area contributed by atoms with Crippen molar-refractivity contribution < 1.29 is 4.79 Å². The molecule has 78 valence electrons. The SMILES string of the molecule is CCC(=O)c1ccc2nc(CC)[nH]c2c1. The number of aromatic nitrogens is 2. The smallest absolute Gasteiger partial charge is 0.162 e. The summed E-state index contributed by atoms with van der Waals surface area (Å²) >= 11 is 0. The zero-order valence-electron chi connectivity index (χ0n) is 9.00. The first-order valence-corrected chi connectivity index (χ1v) is 5.26. The molecule has 0 saturated heterocycles. The highest BCUT2D eigenvalue weighted by Crippen LogP contribution is 2.15. The minimum Gasteiger partial charge on any atom is -0.342 e. The molecule has 0 fully saturated rings. The van der Waals surface area contributed by atoms with E-state index in [0.29, 0.717) is 6.42 Å². The lowest BCUT2D eigenvalue weighted by molar-refractivity contribution is 0.0988. The molecule has 0 aliphatic rings. The van der Waals surface area contributed by atoms with Gasteiger partial charge < -0.3 is 4.98 Å². The summed E-state index contributed by atoms with van der Waals surface area (Å²) in [4.78, 5) is 19.1. The van der Waals surface area contributed by atoms with Gasteiger partial charge in [0.05, 0.1) is 11.0 Å². The van der Waals surface area contributed by atoms with Gasteiger partial charge in [0.2, 0.25) is 0 Å². The van der Waals surface area contributed by atoms with Gasteiger partial charge in [-0.2, -0.15) is 0 Å². The summed E-state index contributed by atoms with van der Waals surface area (Å²) < 4.78 is 0. The standard InChI is InChI=1S/C12H14N2O/c1-3-11(15)8-5-6-9-10(7-8)14-12(4-2)13-9/h5-7H,3-4H2,1-2H3,(H,13,14). The minimum atomic E-state index is 0.171. The predicted octanol–water partition coefficient (Wildman–Crippen LogP) is 2.72. The van der Waals surface area contributed by atoms with Crippen LogP contribution in [0.3, 0.4) is 0 Å². The third kappa shape index (κ3) is 1.77. The van der Waals surface area contributed by atoms with Crippen LogP contribution in [0.5, 0.6) is 0 Å². The van der Waals surface area contributed by atoms with Crippen molar-refractivity contribution in [2.45, 2.75) is 26.7 Å². The molecule has 1 aromatic heterocycles. The quantitative estimate of drug-likeness (QED) is 0.778. The van der Waals surface area contributed by atoms with E-state index < -0.39 is 0 Å². The number of nitrogens with zero attached hydrogens (tertiary/aromatic N) is 1. The van der Waals surface area contributed by atoms with Gasteiger partial charge in [-0.1, -0.05) is 13.8 Å². The second-order valence-corrected chi connectivity index (χ2v) is 3.55. The van der Waals surface area contributed by atoms with E-state index in [0.717, 1.165) is 28.8 Å². The van der Waals surface area contributed by atoms with Gasteiger partial charge in [-0.05, 0) is 18.2 Å². The number of H-pyrrole nitrogens is 1. The second kappa shape index (κ2) is 3.85. The number of ketones is 1. The minimum absolute atomic E-state index is 0.171. The first-order chi connectivity index (χ1) is 7.24. The molecule has 0 radical (unpaired) electrons. The summed E-state index contributed by atoms with van der Waals surface area (Å²) in [6.45, 7) is 3.92. The van der Waals surface area contributed by atoms with Crippen LogP contribution in [0.15, 0.2) is 18.2 Å². The molecule has 0 aliphatic heterocycles. The van der Waals surface area contributed by atoms with Gasteiger partial charge >= 0.3 is 0 Å². The first kappa shape index (κ1) is 9.90. The molecular formula is C12H14N2O. The third-order valence-electron chi connectivity index (χ3n) is 2.51. The molecule has 1 heterocycles. The molecule has 2 aromatic rings. The number of carbonyl (C=O) groups excluding carboxylic acids is 1. The molecule has 0 spiro atoms. The molecule has 3 heteroatoms. The molecule has 0 amide bonds. The highest BCUT2D eigenvalue weighted by atomic mass is 16.1. The van der Waals surface area contributed by atoms with Gasteiger partial charge in [-0.15, -0.1) is 0 Å². The van der Waals surface area contributed by atoms with Crippen LogP contribution in [0, 0.1) is 0 Å². The zero-order valence-corrected chi connectivity index (χ0v) is 9.00. The Morgan fingerprint density at radius 1 is 1.40 bits per heavy atom. The van der Waals surface area contributed by atoms with Crippen LogP contribution in [0.2, 0.25) is 0 Å². The average molecular weight is 202 g/mol. The van der Waals surface area contributed by atoms with E-state index in [1.807, 2.05) is 25.1 Å². The van der Waals surface area contributed by atoms with E-state index in [2.05, 4.69) is 16.9 Å². The Morgan fingerprint density at radius 3 is 2.87 bits per heavy atom. The number of Topliss-reactive ketones (excluding diaryl/α,β-unsaturated/α-hetero) is 1. The van der Waals surface area contributed by atoms with Crippen molar-refractivity contribution in [3.63, 3.8) is 0 Å². The topological polar surface area (TPSA) is 45.8 Å². The fraction of sp³-hybridized carbons (Fsp3) is 0.333. The predicted molar refractivity (Wildman–Crippen MR) is 60.1 cm³/mol. The Labute approximate surface area is 88.5 Å². The lowest BCUT2D eigenvalue weighted by Crippen LogP contribution is -1.95. The highest BCUT2D eigenvalue weighted by Gasteiger charge is 2.06. The monoisotopic (exact) mass is 202 g/mol. The van der Waals surface area contributed by atoms with E-state index in [-0.39, 0.29) is 5.78 Å². The van der Waals surface area contributed by atoms with Crippen molar-refractivity contribution in [3.8, 4) is 0 Å². The number of carbonyl (C=O) groups is 1. The Hall–Kier alpha value is -1.64. The normalized spacial score (nSPS) is 10.8. The van der Waals surface area contributed by atoms with Crippen molar-refractivity contribution >= 4 is 16.8 Å². The van der Waals surface area contributed by atoms with Gasteiger partial charge in [0.15, 0.2) is 5.78 Å². The van der Waals surface area contributed by atoms with Crippen LogP contribution >= 0.6 is 0 Å². The molecule has 3 nitrogen and oxygen atoms in total. The van der Waals surface area contributed by atoms with Crippen molar-refractivity contribution in [3.05, 3.63) is 29.6 Å². The van der Waals surface area contributed by atoms with E-state index in [1.54, 1.807) is 0 Å². The van der Waals surface area contributed by atoms with Crippen molar-refractivity contribution in [1.82, 2.24) is 9.97 Å². The van der Waals surface area contributed by atoms with Gasteiger partial charge in [0, 0.05) is 18.4 Å². The Kier molecular flexibility index (Phi) is 2.54. The summed E-state index contributed by atoms with van der Waals surface area (Å²) in [5.41, 5.74) is 2.64. The first-order valence-electron chi connectivity index (χ1n) is 5.26. The van der Waals surface area contributed by atoms with Gasteiger partial charge in [-0.3, -0.25) is 4.79 Å².